The van der Waals surface area contributed by atoms with Crippen LogP contribution in [-0.4, -0.2) is 42.9 Å². The number of carbonyl (C=O) groups is 2. The molecule has 0 aliphatic heterocycles. The second-order valence-electron chi connectivity index (χ2n) is 5.54. The molecule has 3 N–H and O–H groups in total. The fourth-order valence-electron chi connectivity index (χ4n) is 1.82. The van der Waals surface area contributed by atoms with Gasteiger partial charge in [0.1, 0.15) is 0 Å². The Kier molecular flexibility index (Phi) is 9.80. The first kappa shape index (κ1) is 18.7. The Morgan fingerprint density at radius 2 is 1.85 bits per heavy atom. The highest BCUT2D eigenvalue weighted by molar-refractivity contribution is 5.74. The molecular formula is C14H28N2O4. The largest absolute Gasteiger partial charge is 0.481 e. The van der Waals surface area contributed by atoms with Crippen LogP contribution in [-0.2, 0) is 9.53 Å². The molecule has 0 spiro atoms. The predicted molar refractivity (Wildman–Crippen MR) is 77.7 cm³/mol. The average molecular weight is 288 g/mol. The van der Waals surface area contributed by atoms with E-state index >= 15 is 0 Å². The number of methoxy groups -OCH3 is 1. The number of rotatable bonds is 10. The van der Waals surface area contributed by atoms with Crippen molar-refractivity contribution in [1.82, 2.24) is 10.6 Å². The van der Waals surface area contributed by atoms with Gasteiger partial charge in [0.25, 0.3) is 0 Å². The topological polar surface area (TPSA) is 87.7 Å². The van der Waals surface area contributed by atoms with Crippen LogP contribution < -0.4 is 10.6 Å². The Morgan fingerprint density at radius 3 is 2.35 bits per heavy atom. The molecule has 2 unspecified atom stereocenters. The van der Waals surface area contributed by atoms with Gasteiger partial charge in [-0.3, -0.25) is 4.79 Å². The van der Waals surface area contributed by atoms with Crippen LogP contribution in [0, 0.1) is 5.92 Å². The Hall–Kier alpha value is -1.30. The summed E-state index contributed by atoms with van der Waals surface area (Å²) >= 11 is 0. The highest BCUT2D eigenvalue weighted by Crippen LogP contribution is 2.08. The number of carbonyl (C=O) groups excluding carboxylic acids is 1. The van der Waals surface area contributed by atoms with Gasteiger partial charge >= 0.3 is 12.0 Å². The van der Waals surface area contributed by atoms with Gasteiger partial charge < -0.3 is 20.5 Å². The van der Waals surface area contributed by atoms with Crippen LogP contribution in [0.2, 0.25) is 0 Å². The van der Waals surface area contributed by atoms with Crippen molar-refractivity contribution in [2.75, 3.05) is 13.7 Å². The summed E-state index contributed by atoms with van der Waals surface area (Å²) in [4.78, 5) is 22.2. The third kappa shape index (κ3) is 10.6. The smallest absolute Gasteiger partial charge is 0.315 e. The Labute approximate surface area is 121 Å². The average Bonchev–Trinajstić information content (AvgIpc) is 2.33. The van der Waals surface area contributed by atoms with E-state index in [1.807, 2.05) is 6.92 Å². The van der Waals surface area contributed by atoms with E-state index in [2.05, 4.69) is 24.5 Å². The van der Waals surface area contributed by atoms with Crippen molar-refractivity contribution in [2.45, 2.75) is 58.6 Å². The molecule has 0 heterocycles. The maximum atomic E-state index is 11.6. The van der Waals surface area contributed by atoms with Crippen molar-refractivity contribution in [3.05, 3.63) is 0 Å². The number of urea groups is 1. The lowest BCUT2D eigenvalue weighted by Gasteiger charge is -2.17. The molecule has 0 bridgehead atoms. The fraction of sp³-hybridized carbons (Fsp3) is 0.857. The van der Waals surface area contributed by atoms with Crippen LogP contribution in [0.5, 0.6) is 0 Å². The van der Waals surface area contributed by atoms with Gasteiger partial charge in [-0.25, -0.2) is 4.79 Å². The number of hydrogen-bond acceptors (Lipinski definition) is 3. The molecular weight excluding hydrogens is 260 g/mol. The molecule has 0 aromatic heterocycles. The number of amides is 2. The fourth-order valence-corrected chi connectivity index (χ4v) is 1.82. The van der Waals surface area contributed by atoms with Gasteiger partial charge in [-0.05, 0) is 19.3 Å². The van der Waals surface area contributed by atoms with E-state index in [0.717, 1.165) is 19.3 Å². The van der Waals surface area contributed by atoms with Crippen molar-refractivity contribution in [3.8, 4) is 0 Å². The Morgan fingerprint density at radius 1 is 1.20 bits per heavy atom. The van der Waals surface area contributed by atoms with Crippen LogP contribution in [0.3, 0.4) is 0 Å². The van der Waals surface area contributed by atoms with E-state index in [9.17, 15) is 9.59 Å². The maximum absolute atomic E-state index is 11.6. The minimum absolute atomic E-state index is 0.106. The normalized spacial score (nSPS) is 13.8. The third-order valence-corrected chi connectivity index (χ3v) is 3.02. The molecule has 0 aromatic rings. The number of aliphatic carboxylic acids is 1. The number of carboxylic acids is 1. The molecule has 6 heteroatoms. The van der Waals surface area contributed by atoms with Gasteiger partial charge in [0.2, 0.25) is 0 Å². The summed E-state index contributed by atoms with van der Waals surface area (Å²) in [6, 6.07) is -0.177. The predicted octanol–water partition coefficient (Wildman–Crippen LogP) is 1.99. The highest BCUT2D eigenvalue weighted by atomic mass is 16.5. The van der Waals surface area contributed by atoms with Crippen molar-refractivity contribution >= 4 is 12.0 Å². The van der Waals surface area contributed by atoms with Crippen molar-refractivity contribution < 1.29 is 19.4 Å². The third-order valence-electron chi connectivity index (χ3n) is 3.02. The minimum Gasteiger partial charge on any atom is -0.481 e. The lowest BCUT2D eigenvalue weighted by Crippen LogP contribution is -2.44. The van der Waals surface area contributed by atoms with Crippen LogP contribution in [0.25, 0.3) is 0 Å². The van der Waals surface area contributed by atoms with Gasteiger partial charge in [0.15, 0.2) is 0 Å². The molecule has 2 amide bonds. The Bertz CT molecular complexity index is 295. The van der Waals surface area contributed by atoms with E-state index in [4.69, 9.17) is 9.84 Å². The van der Waals surface area contributed by atoms with E-state index in [-0.39, 0.29) is 25.0 Å². The first-order chi connectivity index (χ1) is 9.35. The van der Waals surface area contributed by atoms with E-state index in [0.29, 0.717) is 5.92 Å². The summed E-state index contributed by atoms with van der Waals surface area (Å²) in [5, 5.41) is 14.1. The zero-order chi connectivity index (χ0) is 15.5. The van der Waals surface area contributed by atoms with Gasteiger partial charge in [-0.15, -0.1) is 0 Å². The molecule has 0 radical (unpaired) electrons. The number of ether oxygens (including phenoxy) is 1. The molecule has 0 aliphatic carbocycles. The van der Waals surface area contributed by atoms with Gasteiger partial charge in [0, 0.05) is 19.7 Å². The van der Waals surface area contributed by atoms with Gasteiger partial charge in [-0.1, -0.05) is 26.7 Å². The Balaban J connectivity index is 3.83. The number of hydrogen-bond donors (Lipinski definition) is 3. The molecule has 118 valence electrons. The summed E-state index contributed by atoms with van der Waals surface area (Å²) in [6.45, 7) is 6.51. The zero-order valence-corrected chi connectivity index (χ0v) is 12.9. The molecule has 0 saturated heterocycles. The van der Waals surface area contributed by atoms with E-state index in [1.54, 1.807) is 0 Å². The summed E-state index contributed by atoms with van der Waals surface area (Å²) in [6.07, 6.45) is 2.54. The maximum Gasteiger partial charge on any atom is 0.315 e. The van der Waals surface area contributed by atoms with Gasteiger partial charge in [-0.2, -0.15) is 0 Å². The van der Waals surface area contributed by atoms with Crippen molar-refractivity contribution in [2.24, 2.45) is 5.92 Å². The lowest BCUT2D eigenvalue weighted by atomic mass is 10.0. The summed E-state index contributed by atoms with van der Waals surface area (Å²) < 4.78 is 4.98. The van der Waals surface area contributed by atoms with Crippen molar-refractivity contribution in [1.29, 1.82) is 0 Å². The monoisotopic (exact) mass is 288 g/mol. The molecule has 0 aliphatic rings. The lowest BCUT2D eigenvalue weighted by molar-refractivity contribution is -0.139. The zero-order valence-electron chi connectivity index (χ0n) is 12.9. The molecule has 6 nitrogen and oxygen atoms in total. The van der Waals surface area contributed by atoms with Gasteiger partial charge in [0.05, 0.1) is 12.5 Å². The second kappa shape index (κ2) is 10.5. The highest BCUT2D eigenvalue weighted by Gasteiger charge is 2.14. The molecule has 0 fully saturated rings. The summed E-state index contributed by atoms with van der Waals surface area (Å²) in [5.41, 5.74) is 0. The summed E-state index contributed by atoms with van der Waals surface area (Å²) in [7, 11) is 1.43. The van der Waals surface area contributed by atoms with Crippen LogP contribution >= 0.6 is 0 Å². The van der Waals surface area contributed by atoms with Crippen LogP contribution in [0.15, 0.2) is 0 Å². The molecule has 0 aromatic carbocycles. The molecule has 0 rings (SSSR count). The van der Waals surface area contributed by atoms with E-state index < -0.39 is 12.1 Å². The molecule has 0 saturated carbocycles. The van der Waals surface area contributed by atoms with Crippen LogP contribution in [0.4, 0.5) is 4.79 Å². The van der Waals surface area contributed by atoms with Crippen LogP contribution in [0.1, 0.15) is 46.5 Å². The first-order valence-electron chi connectivity index (χ1n) is 7.14. The number of nitrogens with one attached hydrogen (secondary N) is 2. The minimum atomic E-state index is -0.943. The quantitative estimate of drug-likeness (QED) is 0.573. The van der Waals surface area contributed by atoms with E-state index in [1.165, 1.54) is 7.11 Å². The first-order valence-corrected chi connectivity index (χ1v) is 7.14. The molecule has 20 heavy (non-hydrogen) atoms. The second-order valence-corrected chi connectivity index (χ2v) is 5.54. The molecule has 2 atom stereocenters. The van der Waals surface area contributed by atoms with Crippen molar-refractivity contribution in [3.63, 3.8) is 0 Å². The standard InChI is InChI=1S/C14H28N2O4/c1-10(2)6-5-7-11(3)16-14(19)15-9-12(20-4)8-13(17)18/h10-12H,5-9H2,1-4H3,(H,17,18)(H2,15,16,19). The SMILES string of the molecule is COC(CNC(=O)NC(C)CCCC(C)C)CC(=O)O. The number of carboxylic acid groups (broad SMARTS) is 1. The summed E-state index contributed by atoms with van der Waals surface area (Å²) in [5.74, 6) is -0.268.